The first-order valence-electron chi connectivity index (χ1n) is 13.4. The van der Waals surface area contributed by atoms with E-state index >= 15 is 0 Å². The third-order valence-electron chi connectivity index (χ3n) is 7.27. The largest absolute Gasteiger partial charge is 0.512 e. The van der Waals surface area contributed by atoms with E-state index in [9.17, 15) is 9.90 Å². The van der Waals surface area contributed by atoms with Crippen LogP contribution < -0.4 is 4.74 Å². The molecule has 3 aromatic carbocycles. The van der Waals surface area contributed by atoms with Gasteiger partial charge in [-0.05, 0) is 56.9 Å². The van der Waals surface area contributed by atoms with Crippen molar-refractivity contribution in [2.45, 2.75) is 60.3 Å². The van der Waals surface area contributed by atoms with Gasteiger partial charge in [0, 0.05) is 49.1 Å². The summed E-state index contributed by atoms with van der Waals surface area (Å²) in [5.74, 6) is 2.23. The molecule has 0 saturated heterocycles. The van der Waals surface area contributed by atoms with E-state index in [4.69, 9.17) is 9.72 Å². The molecule has 0 saturated carbocycles. The Balaban J connectivity index is 0.000000223. The maximum Gasteiger partial charge on any atom is 0.162 e. The van der Waals surface area contributed by atoms with E-state index in [0.717, 1.165) is 70.1 Å². The summed E-state index contributed by atoms with van der Waals surface area (Å²) in [7, 11) is 0. The van der Waals surface area contributed by atoms with Crippen molar-refractivity contribution in [3.8, 4) is 22.8 Å². The number of hydrogen-bond donors (Lipinski definition) is 1. The Kier molecular flexibility index (Phi) is 10.2. The molecule has 0 spiro atoms. The molecule has 0 fully saturated rings. The number of hydrogen-bond acceptors (Lipinski definition) is 4. The standard InChI is InChI=1S/C20H12NO.C13H24O2.Ir/c1-12-8-9-16-14(10-12)11-18-20(21-16)15-6-2-4-13-5-3-7-17(22-18)19(13)15;1-5-10(6-2)12(14)9-13(15)11(7-3)8-4;/h2-5,7-11H,1H3;9-11,14H,5-8H2,1-4H3;/q-1;;/b;12-9-;. The van der Waals surface area contributed by atoms with Crippen LogP contribution in [-0.4, -0.2) is 15.9 Å². The van der Waals surface area contributed by atoms with Gasteiger partial charge in [0.15, 0.2) is 5.78 Å². The first-order valence-corrected chi connectivity index (χ1v) is 13.4. The zero-order valence-corrected chi connectivity index (χ0v) is 25.2. The van der Waals surface area contributed by atoms with Crippen LogP contribution in [0.1, 0.15) is 58.9 Å². The number of ether oxygens (including phenoxy) is 1. The predicted octanol–water partition coefficient (Wildman–Crippen LogP) is 9.14. The number of aliphatic hydroxyl groups excluding tert-OH is 1. The van der Waals surface area contributed by atoms with Crippen molar-refractivity contribution in [1.29, 1.82) is 0 Å². The molecule has 0 aliphatic carbocycles. The molecule has 1 aliphatic heterocycles. The van der Waals surface area contributed by atoms with Crippen molar-refractivity contribution in [2.24, 2.45) is 11.8 Å². The van der Waals surface area contributed by atoms with Crippen LogP contribution in [0.4, 0.5) is 0 Å². The third kappa shape index (κ3) is 6.17. The van der Waals surface area contributed by atoms with E-state index in [2.05, 4.69) is 49.4 Å². The molecular weight excluding hydrogens is 651 g/mol. The monoisotopic (exact) mass is 687 g/mol. The summed E-state index contributed by atoms with van der Waals surface area (Å²) < 4.78 is 6.11. The van der Waals surface area contributed by atoms with Gasteiger partial charge in [0.25, 0.3) is 0 Å². The minimum Gasteiger partial charge on any atom is -0.512 e. The first kappa shape index (κ1) is 29.5. The second kappa shape index (κ2) is 13.2. The van der Waals surface area contributed by atoms with Crippen molar-refractivity contribution in [2.75, 3.05) is 0 Å². The Hall–Kier alpha value is -3.01. The minimum atomic E-state index is 0. The number of nitrogens with zero attached hydrogens (tertiary/aromatic N) is 1. The number of aryl methyl sites for hydroxylation is 1. The van der Waals surface area contributed by atoms with Gasteiger partial charge >= 0.3 is 0 Å². The van der Waals surface area contributed by atoms with Crippen molar-refractivity contribution < 1.29 is 34.7 Å². The zero-order valence-electron chi connectivity index (χ0n) is 22.8. The zero-order chi connectivity index (χ0) is 26.5. The average molecular weight is 687 g/mol. The van der Waals surface area contributed by atoms with Crippen LogP contribution in [0.2, 0.25) is 0 Å². The van der Waals surface area contributed by atoms with Gasteiger partial charge in [-0.3, -0.25) is 9.78 Å². The SMILES string of the molecule is CCC(CC)C(=O)/C=C(\O)C(CC)CC.Cc1ccc2nc3c(cc2c1)Oc1cccc2cc[c-]c-3c12.[Ir]. The molecule has 1 radical (unpaired) electrons. The molecule has 5 heteroatoms. The Bertz CT molecular complexity index is 1450. The number of rotatable bonds is 7. The van der Waals surface area contributed by atoms with Crippen LogP contribution in [0.25, 0.3) is 32.9 Å². The number of allylic oxidation sites excluding steroid dienone is 2. The van der Waals surface area contributed by atoms with Crippen LogP contribution in [0, 0.1) is 24.8 Å². The molecule has 4 nitrogen and oxygen atoms in total. The Labute approximate surface area is 239 Å². The molecule has 4 aromatic rings. The second-order valence-corrected chi connectivity index (χ2v) is 9.70. The van der Waals surface area contributed by atoms with E-state index in [1.165, 1.54) is 11.6 Å². The van der Waals surface area contributed by atoms with Crippen LogP contribution in [0.5, 0.6) is 11.5 Å². The van der Waals surface area contributed by atoms with Gasteiger partial charge in [0.05, 0.1) is 17.0 Å². The molecule has 2 heterocycles. The quantitative estimate of drug-likeness (QED) is 0.105. The molecule has 1 aromatic heterocycles. The van der Waals surface area contributed by atoms with Crippen LogP contribution >= 0.6 is 0 Å². The number of fused-ring (bicyclic) bond motifs is 3. The maximum absolute atomic E-state index is 11.7. The number of carbonyl (C=O) groups excluding carboxylic acids is 1. The van der Waals surface area contributed by atoms with E-state index in [1.807, 2.05) is 45.9 Å². The van der Waals surface area contributed by atoms with Gasteiger partial charge < -0.3 is 9.84 Å². The fraction of sp³-hybridized carbons (Fsp3) is 0.333. The molecule has 1 N–H and O–H groups in total. The average Bonchev–Trinajstić information content (AvgIpc) is 2.90. The Morgan fingerprint density at radius 2 is 1.66 bits per heavy atom. The summed E-state index contributed by atoms with van der Waals surface area (Å²) in [6, 6.07) is 21.8. The smallest absolute Gasteiger partial charge is 0.162 e. The Morgan fingerprint density at radius 1 is 0.947 bits per heavy atom. The number of aromatic nitrogens is 1. The normalized spacial score (nSPS) is 12.0. The molecule has 5 rings (SSSR count). The van der Waals surface area contributed by atoms with E-state index in [0.29, 0.717) is 0 Å². The maximum atomic E-state index is 11.7. The van der Waals surface area contributed by atoms with E-state index in [-0.39, 0.29) is 43.5 Å². The van der Waals surface area contributed by atoms with Gasteiger partial charge in [-0.15, -0.1) is 23.8 Å². The number of benzene rings is 3. The van der Waals surface area contributed by atoms with Crippen LogP contribution in [0.3, 0.4) is 0 Å². The van der Waals surface area contributed by atoms with E-state index in [1.54, 1.807) is 0 Å². The summed E-state index contributed by atoms with van der Waals surface area (Å²) in [6.45, 7) is 10.2. The van der Waals surface area contributed by atoms with Gasteiger partial charge in [-0.1, -0.05) is 62.2 Å². The molecule has 0 amide bonds. The molecular formula is C33H36IrNO3-. The summed E-state index contributed by atoms with van der Waals surface area (Å²) in [6.07, 6.45) is 4.91. The first-order chi connectivity index (χ1) is 17.9. The van der Waals surface area contributed by atoms with E-state index < -0.39 is 0 Å². The molecule has 1 aliphatic rings. The van der Waals surface area contributed by atoms with Gasteiger partial charge in [-0.2, -0.15) is 0 Å². The summed E-state index contributed by atoms with van der Waals surface area (Å²) in [5, 5.41) is 13.1. The molecule has 0 bridgehead atoms. The van der Waals surface area contributed by atoms with Crippen molar-refractivity contribution >= 4 is 27.5 Å². The second-order valence-electron chi connectivity index (χ2n) is 9.70. The van der Waals surface area contributed by atoms with Crippen LogP contribution in [-0.2, 0) is 24.9 Å². The number of aliphatic hydroxyl groups is 1. The van der Waals surface area contributed by atoms with Gasteiger partial charge in [0.2, 0.25) is 0 Å². The third-order valence-corrected chi connectivity index (χ3v) is 7.27. The summed E-state index contributed by atoms with van der Waals surface area (Å²) in [4.78, 5) is 16.5. The van der Waals surface area contributed by atoms with Crippen LogP contribution in [0.15, 0.2) is 66.4 Å². The Morgan fingerprint density at radius 3 is 2.34 bits per heavy atom. The van der Waals surface area contributed by atoms with Gasteiger partial charge in [0.1, 0.15) is 5.75 Å². The minimum absolute atomic E-state index is 0. The van der Waals surface area contributed by atoms with Gasteiger partial charge in [-0.25, -0.2) is 0 Å². The number of carbonyl (C=O) groups is 1. The fourth-order valence-electron chi connectivity index (χ4n) is 4.94. The summed E-state index contributed by atoms with van der Waals surface area (Å²) >= 11 is 0. The van der Waals surface area contributed by atoms with Crippen molar-refractivity contribution in [3.05, 3.63) is 78.1 Å². The number of pyridine rings is 1. The predicted molar refractivity (Wildman–Crippen MR) is 152 cm³/mol. The van der Waals surface area contributed by atoms with Crippen molar-refractivity contribution in [1.82, 2.24) is 4.98 Å². The number of ketones is 1. The molecule has 38 heavy (non-hydrogen) atoms. The molecule has 0 atom stereocenters. The molecule has 201 valence electrons. The topological polar surface area (TPSA) is 59.4 Å². The molecule has 0 unspecified atom stereocenters. The van der Waals surface area contributed by atoms with Crippen molar-refractivity contribution in [3.63, 3.8) is 0 Å². The fourth-order valence-corrected chi connectivity index (χ4v) is 4.94. The summed E-state index contributed by atoms with van der Waals surface area (Å²) in [5.41, 5.74) is 4.11.